The Balaban J connectivity index is 1.89. The summed E-state index contributed by atoms with van der Waals surface area (Å²) in [6, 6.07) is 1.12. The van der Waals surface area contributed by atoms with Crippen LogP contribution in [0.2, 0.25) is 0 Å². The van der Waals surface area contributed by atoms with Gasteiger partial charge in [0.05, 0.1) is 0 Å². The van der Waals surface area contributed by atoms with Crippen molar-refractivity contribution in [2.75, 3.05) is 19.7 Å². The zero-order valence-electron chi connectivity index (χ0n) is 14.0. The van der Waals surface area contributed by atoms with E-state index >= 15 is 0 Å². The van der Waals surface area contributed by atoms with E-state index in [4.69, 9.17) is 19.4 Å². The van der Waals surface area contributed by atoms with Crippen LogP contribution in [0.5, 0.6) is 0 Å². The fourth-order valence-electron chi connectivity index (χ4n) is 2.06. The van der Waals surface area contributed by atoms with Gasteiger partial charge in [0.2, 0.25) is 0 Å². The van der Waals surface area contributed by atoms with Crippen LogP contribution in [0.15, 0.2) is 21.9 Å². The molecule has 2 atom stereocenters. The van der Waals surface area contributed by atoms with E-state index in [9.17, 15) is 29.2 Å². The van der Waals surface area contributed by atoms with Crippen molar-refractivity contribution in [3.63, 3.8) is 0 Å². The minimum absolute atomic E-state index is 0.197. The number of H-pyrrole nitrogens is 1. The van der Waals surface area contributed by atoms with Crippen molar-refractivity contribution >= 4 is 23.4 Å². The summed E-state index contributed by atoms with van der Waals surface area (Å²) in [5.41, 5.74) is -1.29. The Morgan fingerprint density at radius 2 is 1.82 bits per heavy atom. The minimum atomic E-state index is -5.64. The Labute approximate surface area is 157 Å². The summed E-state index contributed by atoms with van der Waals surface area (Å²) in [4.78, 5) is 93.2. The van der Waals surface area contributed by atoms with Gasteiger partial charge in [-0.05, 0) is 0 Å². The van der Waals surface area contributed by atoms with E-state index in [0.29, 0.717) is 0 Å². The number of aromatic amines is 1. The molecular weight excluding hydrogens is 451 g/mol. The van der Waals surface area contributed by atoms with Crippen LogP contribution in [0.3, 0.4) is 0 Å². The molecule has 1 aliphatic rings. The first-order valence-electron chi connectivity index (χ1n) is 7.56. The van der Waals surface area contributed by atoms with Gasteiger partial charge >= 0.3 is 156 Å². The third-order valence-electron chi connectivity index (χ3n) is 3.34. The summed E-state index contributed by atoms with van der Waals surface area (Å²) < 4.78 is 14.7. The quantitative estimate of drug-likeness (QED) is 0.100. The number of morpholine rings is 1. The van der Waals surface area contributed by atoms with E-state index in [1.54, 1.807) is 0 Å². The predicted molar refractivity (Wildman–Crippen MR) is 96.7 cm³/mol. The van der Waals surface area contributed by atoms with Crippen molar-refractivity contribution in [1.29, 1.82) is 0 Å². The average Bonchev–Trinajstić information content (AvgIpc) is 2.52. The van der Waals surface area contributed by atoms with Crippen LogP contribution in [0.4, 0.5) is 0 Å². The standard InChI is InChI=1S/C9H22N3O13P3/c13-7-1-2-12(9(14)11-7)8-4-10-3-6(23-8)5-22-24-27(18,19)25-28(20,21)26(15,16)17/h1-2,6,8,10,15-21,26-28H,3-5H2,(H,11,13,14). The molecular formula is C9H22N3O13P3. The zero-order valence-corrected chi connectivity index (χ0v) is 17.0. The van der Waals surface area contributed by atoms with Crippen LogP contribution in [0.25, 0.3) is 0 Å². The van der Waals surface area contributed by atoms with Gasteiger partial charge in [-0.2, -0.15) is 0 Å². The molecule has 0 aromatic carbocycles. The van der Waals surface area contributed by atoms with Crippen LogP contribution >= 0.6 is 23.4 Å². The van der Waals surface area contributed by atoms with Crippen LogP contribution in [-0.4, -0.2) is 69.6 Å². The second-order valence-electron chi connectivity index (χ2n) is 5.65. The Hall–Kier alpha value is -0.510. The van der Waals surface area contributed by atoms with E-state index in [-0.39, 0.29) is 13.1 Å². The number of nitrogens with zero attached hydrogens (tertiary/aromatic N) is 1. The molecule has 1 aliphatic heterocycles. The van der Waals surface area contributed by atoms with Gasteiger partial charge in [-0.25, -0.2) is 0 Å². The van der Waals surface area contributed by atoms with Crippen molar-refractivity contribution in [2.45, 2.75) is 12.3 Å². The molecule has 2 unspecified atom stereocenters. The first-order chi connectivity index (χ1) is 12.8. The first kappa shape index (κ1) is 23.8. The van der Waals surface area contributed by atoms with Gasteiger partial charge in [0.1, 0.15) is 0 Å². The third-order valence-corrected chi connectivity index (χ3v) is 10.3. The molecule has 2 heterocycles. The summed E-state index contributed by atoms with van der Waals surface area (Å²) in [5.74, 6) is 0. The Bertz CT molecular complexity index is 777. The number of nitrogens with one attached hydrogen (secondary N) is 2. The van der Waals surface area contributed by atoms with Crippen molar-refractivity contribution in [2.24, 2.45) is 0 Å². The number of aromatic nitrogens is 2. The van der Waals surface area contributed by atoms with E-state index in [2.05, 4.69) is 24.2 Å². The van der Waals surface area contributed by atoms with Gasteiger partial charge in [-0.1, -0.05) is 0 Å². The first-order valence-corrected chi connectivity index (χ1v) is 13.9. The molecule has 0 aliphatic carbocycles. The van der Waals surface area contributed by atoms with E-state index in [1.807, 2.05) is 0 Å². The molecule has 1 saturated heterocycles. The number of hydrogen-bond donors (Lipinski definition) is 9. The van der Waals surface area contributed by atoms with Crippen LogP contribution in [0, 0.1) is 0 Å². The van der Waals surface area contributed by atoms with Crippen LogP contribution < -0.4 is 16.6 Å². The Morgan fingerprint density at radius 1 is 1.14 bits per heavy atom. The molecule has 166 valence electrons. The maximum atomic E-state index is 11.8. The molecule has 0 spiro atoms. The molecule has 9 N–H and O–H groups in total. The molecule has 19 heteroatoms. The summed E-state index contributed by atoms with van der Waals surface area (Å²) in [6.07, 6.45) is -0.385. The number of rotatable bonds is 8. The van der Waals surface area contributed by atoms with Gasteiger partial charge in [0, 0.05) is 0 Å². The summed E-state index contributed by atoms with van der Waals surface area (Å²) in [5, 5.41) is 2.91. The van der Waals surface area contributed by atoms with Crippen molar-refractivity contribution in [3.8, 4) is 0 Å². The molecule has 1 aromatic rings. The fraction of sp³-hybridized carbons (Fsp3) is 0.556. The molecule has 0 saturated carbocycles. The predicted octanol–water partition coefficient (Wildman–Crippen LogP) is -3.75. The monoisotopic (exact) mass is 473 g/mol. The Kier molecular flexibility index (Phi) is 7.72. The summed E-state index contributed by atoms with van der Waals surface area (Å²) in [7, 11) is -16.7. The fourth-order valence-corrected chi connectivity index (χ4v) is 6.88. The molecule has 1 aromatic heterocycles. The van der Waals surface area contributed by atoms with Gasteiger partial charge in [-0.3, -0.25) is 0 Å². The van der Waals surface area contributed by atoms with E-state index in [1.165, 1.54) is 6.20 Å². The SMILES string of the molecule is O=c1ccn(C2CNCC(COO[PH](O)(O)O[PH](O)(O)[PH](O)(O)O)O2)c(=O)[nH]1. The van der Waals surface area contributed by atoms with E-state index < -0.39 is 53.6 Å². The molecule has 2 rings (SSSR count). The van der Waals surface area contributed by atoms with Crippen molar-refractivity contribution in [3.05, 3.63) is 33.1 Å². The topological polar surface area (TPSA) is 245 Å². The van der Waals surface area contributed by atoms with Crippen LogP contribution in [-0.2, 0) is 18.6 Å². The summed E-state index contributed by atoms with van der Waals surface area (Å²) in [6.45, 7) is -0.0421. The average molecular weight is 473 g/mol. The molecule has 0 bridgehead atoms. The second-order valence-corrected chi connectivity index (χ2v) is 14.2. The van der Waals surface area contributed by atoms with E-state index in [0.717, 1.165) is 10.6 Å². The van der Waals surface area contributed by atoms with Gasteiger partial charge in [0.25, 0.3) is 0 Å². The molecule has 1 fully saturated rings. The summed E-state index contributed by atoms with van der Waals surface area (Å²) >= 11 is 0. The number of ether oxygens (including phenoxy) is 1. The molecule has 0 amide bonds. The molecule has 0 radical (unpaired) electrons. The van der Waals surface area contributed by atoms with Gasteiger partial charge in [-0.15, -0.1) is 0 Å². The zero-order chi connectivity index (χ0) is 21.2. The molecule has 16 nitrogen and oxygen atoms in total. The number of hydrogen-bond acceptors (Lipinski definition) is 14. The Morgan fingerprint density at radius 3 is 2.43 bits per heavy atom. The second kappa shape index (κ2) is 9.10. The van der Waals surface area contributed by atoms with Crippen molar-refractivity contribution in [1.82, 2.24) is 14.9 Å². The van der Waals surface area contributed by atoms with Gasteiger partial charge in [0.15, 0.2) is 0 Å². The van der Waals surface area contributed by atoms with Gasteiger partial charge < -0.3 is 0 Å². The van der Waals surface area contributed by atoms with Crippen LogP contribution in [0.1, 0.15) is 6.23 Å². The van der Waals surface area contributed by atoms with Crippen molar-refractivity contribution < 1.29 is 52.9 Å². The maximum absolute atomic E-state index is 11.8. The molecule has 28 heavy (non-hydrogen) atoms. The normalized spacial score (nSPS) is 23.4. The third kappa shape index (κ3) is 6.50.